The van der Waals surface area contributed by atoms with Gasteiger partial charge in [-0.1, -0.05) is 11.0 Å². The Morgan fingerprint density at radius 2 is 2.25 bits per heavy atom. The summed E-state index contributed by atoms with van der Waals surface area (Å²) in [6, 6.07) is 4.79. The predicted octanol–water partition coefficient (Wildman–Crippen LogP) is 0.921. The molecule has 1 heterocycles. The third-order valence-electron chi connectivity index (χ3n) is 1.85. The van der Waals surface area contributed by atoms with E-state index in [4.69, 9.17) is 4.84 Å². The molecule has 0 aliphatic carbocycles. The first-order valence-electron chi connectivity index (χ1n) is 4.50. The van der Waals surface area contributed by atoms with Crippen LogP contribution in [0.2, 0.25) is 0 Å². The van der Waals surface area contributed by atoms with Gasteiger partial charge in [-0.25, -0.2) is 8.42 Å². The molecule has 0 atom stereocenters. The molecule has 0 saturated carbocycles. The molecule has 2 rings (SSSR count). The molecule has 0 radical (unpaired) electrons. The number of aromatic nitrogens is 2. The number of benzene rings is 1. The number of fused-ring (bicyclic) bond motifs is 1. The third kappa shape index (κ3) is 2.05. The van der Waals surface area contributed by atoms with Gasteiger partial charge in [0.15, 0.2) is 0 Å². The fourth-order valence-corrected chi connectivity index (χ4v) is 2.81. The Morgan fingerprint density at radius 1 is 1.44 bits per heavy atom. The number of nitrogens with one attached hydrogen (secondary N) is 1. The molecule has 0 fully saturated rings. The van der Waals surface area contributed by atoms with Gasteiger partial charge < -0.3 is 0 Å². The van der Waals surface area contributed by atoms with Gasteiger partial charge in [-0.3, -0.25) is 4.84 Å². The van der Waals surface area contributed by atoms with Crippen LogP contribution in [0.15, 0.2) is 23.1 Å². The fourth-order valence-electron chi connectivity index (χ4n) is 1.18. The number of rotatable bonds is 4. The van der Waals surface area contributed by atoms with Crippen molar-refractivity contribution < 1.29 is 13.3 Å². The van der Waals surface area contributed by atoms with Crippen LogP contribution in [0.4, 0.5) is 0 Å². The van der Waals surface area contributed by atoms with E-state index in [9.17, 15) is 8.42 Å². The molecule has 0 unspecified atom stereocenters. The molecule has 1 aromatic heterocycles. The molecular formula is C8H9N3O3S2. The second kappa shape index (κ2) is 4.42. The molecular weight excluding hydrogens is 250 g/mol. The van der Waals surface area contributed by atoms with E-state index in [1.54, 1.807) is 19.1 Å². The Balaban J connectivity index is 2.50. The summed E-state index contributed by atoms with van der Waals surface area (Å²) in [7, 11) is -3.69. The van der Waals surface area contributed by atoms with Crippen LogP contribution >= 0.6 is 11.7 Å². The third-order valence-corrected chi connectivity index (χ3v) is 3.64. The Kier molecular flexibility index (Phi) is 3.15. The Labute approximate surface area is 96.6 Å². The molecule has 1 N–H and O–H groups in total. The molecule has 0 amide bonds. The molecule has 2 aromatic rings. The van der Waals surface area contributed by atoms with Crippen LogP contribution < -0.4 is 4.89 Å². The van der Waals surface area contributed by atoms with Gasteiger partial charge in [0, 0.05) is 0 Å². The first-order chi connectivity index (χ1) is 7.65. The maximum Gasteiger partial charge on any atom is 0.264 e. The second-order valence-corrected chi connectivity index (χ2v) is 5.05. The number of sulfonamides is 1. The highest BCUT2D eigenvalue weighted by atomic mass is 32.2. The number of hydrogen-bond acceptors (Lipinski definition) is 6. The average Bonchev–Trinajstić information content (AvgIpc) is 2.73. The summed E-state index contributed by atoms with van der Waals surface area (Å²) < 4.78 is 31.5. The summed E-state index contributed by atoms with van der Waals surface area (Å²) in [5.74, 6) is 0. The summed E-state index contributed by atoms with van der Waals surface area (Å²) in [5.41, 5.74) is 0.920. The van der Waals surface area contributed by atoms with E-state index in [1.807, 2.05) is 4.89 Å². The Morgan fingerprint density at radius 3 is 3.00 bits per heavy atom. The van der Waals surface area contributed by atoms with Gasteiger partial charge in [0.1, 0.15) is 15.9 Å². The molecule has 0 saturated heterocycles. The van der Waals surface area contributed by atoms with Crippen molar-refractivity contribution in [3.05, 3.63) is 18.2 Å². The Hall–Kier alpha value is -1.09. The van der Waals surface area contributed by atoms with Crippen LogP contribution in [0.25, 0.3) is 11.0 Å². The standard InChI is InChI=1S/C8H9N3O3S2/c1-2-14-11-16(12,13)7-5-3-4-6-8(7)10-15-9-6/h3-5,11H,2H2,1H3. The minimum absolute atomic E-state index is 0.0761. The van der Waals surface area contributed by atoms with Crippen LogP contribution in [0.1, 0.15) is 6.92 Å². The van der Waals surface area contributed by atoms with E-state index in [2.05, 4.69) is 8.75 Å². The number of nitrogens with zero attached hydrogens (tertiary/aromatic N) is 2. The lowest BCUT2D eigenvalue weighted by molar-refractivity contribution is 0.105. The highest BCUT2D eigenvalue weighted by molar-refractivity contribution is 7.89. The van der Waals surface area contributed by atoms with Gasteiger partial charge in [-0.2, -0.15) is 8.75 Å². The van der Waals surface area contributed by atoms with Crippen molar-refractivity contribution in [1.29, 1.82) is 0 Å². The second-order valence-electron chi connectivity index (χ2n) is 2.91. The number of hydrogen-bond donors (Lipinski definition) is 1. The van der Waals surface area contributed by atoms with Crippen molar-refractivity contribution in [1.82, 2.24) is 13.6 Å². The molecule has 0 aliphatic rings. The van der Waals surface area contributed by atoms with Gasteiger partial charge in [-0.05, 0) is 19.1 Å². The predicted molar refractivity (Wildman–Crippen MR) is 59.4 cm³/mol. The molecule has 6 nitrogen and oxygen atoms in total. The quantitative estimate of drug-likeness (QED) is 0.826. The minimum Gasteiger partial charge on any atom is -0.287 e. The molecule has 1 aromatic carbocycles. The topological polar surface area (TPSA) is 81.2 Å². The van der Waals surface area contributed by atoms with Crippen LogP contribution in [-0.2, 0) is 14.9 Å². The zero-order valence-electron chi connectivity index (χ0n) is 8.37. The van der Waals surface area contributed by atoms with E-state index in [-0.39, 0.29) is 11.5 Å². The maximum atomic E-state index is 11.8. The van der Waals surface area contributed by atoms with Crippen molar-refractivity contribution >= 4 is 32.8 Å². The first-order valence-corrected chi connectivity index (χ1v) is 6.71. The summed E-state index contributed by atoms with van der Waals surface area (Å²) >= 11 is 0.974. The van der Waals surface area contributed by atoms with E-state index < -0.39 is 10.0 Å². The lowest BCUT2D eigenvalue weighted by Gasteiger charge is -2.05. The maximum absolute atomic E-state index is 11.8. The minimum atomic E-state index is -3.69. The van der Waals surface area contributed by atoms with Crippen LogP contribution in [0.3, 0.4) is 0 Å². The largest absolute Gasteiger partial charge is 0.287 e. The SMILES string of the molecule is CCONS(=O)(=O)c1cccc2nsnc12. The highest BCUT2D eigenvalue weighted by Crippen LogP contribution is 2.20. The normalized spacial score (nSPS) is 12.1. The van der Waals surface area contributed by atoms with Crippen molar-refractivity contribution in [2.75, 3.05) is 6.61 Å². The van der Waals surface area contributed by atoms with E-state index in [0.29, 0.717) is 11.0 Å². The summed E-state index contributed by atoms with van der Waals surface area (Å²) in [6.45, 7) is 1.94. The zero-order valence-corrected chi connectivity index (χ0v) is 10.0. The smallest absolute Gasteiger partial charge is 0.264 e. The van der Waals surface area contributed by atoms with Gasteiger partial charge in [0.25, 0.3) is 10.0 Å². The Bertz CT molecular complexity index is 593. The summed E-state index contributed by atoms with van der Waals surface area (Å²) in [4.78, 5) is 6.79. The van der Waals surface area contributed by atoms with E-state index in [0.717, 1.165) is 11.7 Å². The molecule has 86 valence electrons. The van der Waals surface area contributed by atoms with Crippen LogP contribution in [0, 0.1) is 0 Å². The van der Waals surface area contributed by atoms with E-state index >= 15 is 0 Å². The van der Waals surface area contributed by atoms with Gasteiger partial charge in [0.05, 0.1) is 18.3 Å². The lowest BCUT2D eigenvalue weighted by Crippen LogP contribution is -2.24. The van der Waals surface area contributed by atoms with Crippen molar-refractivity contribution in [3.63, 3.8) is 0 Å². The average molecular weight is 259 g/mol. The molecule has 0 aliphatic heterocycles. The highest BCUT2D eigenvalue weighted by Gasteiger charge is 2.19. The lowest BCUT2D eigenvalue weighted by atomic mass is 10.3. The molecule has 0 bridgehead atoms. The van der Waals surface area contributed by atoms with Gasteiger partial charge in [-0.15, -0.1) is 0 Å². The molecule has 16 heavy (non-hydrogen) atoms. The van der Waals surface area contributed by atoms with Crippen molar-refractivity contribution in [2.45, 2.75) is 11.8 Å². The summed E-state index contributed by atoms with van der Waals surface area (Å²) in [5, 5.41) is 0. The van der Waals surface area contributed by atoms with Crippen LogP contribution in [-0.4, -0.2) is 23.8 Å². The molecule has 8 heteroatoms. The molecule has 0 spiro atoms. The van der Waals surface area contributed by atoms with E-state index in [1.165, 1.54) is 6.07 Å². The first kappa shape index (κ1) is 11.4. The van der Waals surface area contributed by atoms with Crippen molar-refractivity contribution in [2.24, 2.45) is 0 Å². The van der Waals surface area contributed by atoms with Crippen LogP contribution in [0.5, 0.6) is 0 Å². The zero-order chi connectivity index (χ0) is 11.6. The van der Waals surface area contributed by atoms with Gasteiger partial charge in [0.2, 0.25) is 0 Å². The monoisotopic (exact) mass is 259 g/mol. The van der Waals surface area contributed by atoms with Crippen molar-refractivity contribution in [3.8, 4) is 0 Å². The fraction of sp³-hybridized carbons (Fsp3) is 0.250. The van der Waals surface area contributed by atoms with Gasteiger partial charge >= 0.3 is 0 Å². The summed E-state index contributed by atoms with van der Waals surface area (Å²) in [6.07, 6.45) is 0.